The van der Waals surface area contributed by atoms with Gasteiger partial charge in [0, 0.05) is 0 Å². The lowest BCUT2D eigenvalue weighted by Crippen LogP contribution is -2.16. The Morgan fingerprint density at radius 2 is 1.48 bits per heavy atom. The Morgan fingerprint density at radius 3 is 2.15 bits per heavy atom. The standard InChI is InChI=1S/C26H28O/c1-19(2)25(21-12-6-5-7-13-21)23(18-26(3,4)27)17-22-15-10-14-20-11-8-9-16-24(20)22/h5-16,18,27H,17H2,1-4H3/b23-18-. The van der Waals surface area contributed by atoms with Crippen molar-refractivity contribution in [1.82, 2.24) is 0 Å². The smallest absolute Gasteiger partial charge is 0.0777 e. The number of allylic oxidation sites excluding steroid dienone is 3. The highest BCUT2D eigenvalue weighted by Gasteiger charge is 2.17. The normalized spacial score (nSPS) is 12.3. The van der Waals surface area contributed by atoms with E-state index in [4.69, 9.17) is 0 Å². The van der Waals surface area contributed by atoms with Gasteiger partial charge in [0.15, 0.2) is 0 Å². The third-order valence-electron chi connectivity index (χ3n) is 4.67. The van der Waals surface area contributed by atoms with E-state index in [1.807, 2.05) is 26.0 Å². The molecule has 0 saturated heterocycles. The highest BCUT2D eigenvalue weighted by molar-refractivity contribution is 5.88. The Bertz CT molecular complexity index is 976. The van der Waals surface area contributed by atoms with Gasteiger partial charge >= 0.3 is 0 Å². The van der Waals surface area contributed by atoms with Crippen LogP contribution in [0.15, 0.2) is 90.0 Å². The SMILES string of the molecule is CC(C)=C(/C(=C\C(C)(C)O)Cc1cccc2ccccc12)c1ccccc1. The Balaban J connectivity index is 2.15. The van der Waals surface area contributed by atoms with Crippen LogP contribution >= 0.6 is 0 Å². The van der Waals surface area contributed by atoms with Crippen molar-refractivity contribution in [2.75, 3.05) is 0 Å². The van der Waals surface area contributed by atoms with Crippen molar-refractivity contribution in [2.45, 2.75) is 39.7 Å². The van der Waals surface area contributed by atoms with Crippen molar-refractivity contribution < 1.29 is 5.11 Å². The van der Waals surface area contributed by atoms with Gasteiger partial charge < -0.3 is 5.11 Å². The van der Waals surface area contributed by atoms with Crippen LogP contribution in [-0.2, 0) is 6.42 Å². The molecular weight excluding hydrogens is 328 g/mol. The minimum Gasteiger partial charge on any atom is -0.386 e. The second kappa shape index (κ2) is 7.94. The summed E-state index contributed by atoms with van der Waals surface area (Å²) in [5.74, 6) is 0. The number of hydrogen-bond donors (Lipinski definition) is 1. The van der Waals surface area contributed by atoms with Crippen molar-refractivity contribution in [3.63, 3.8) is 0 Å². The van der Waals surface area contributed by atoms with Gasteiger partial charge in [0.2, 0.25) is 0 Å². The topological polar surface area (TPSA) is 20.2 Å². The fourth-order valence-electron chi connectivity index (χ4n) is 3.69. The van der Waals surface area contributed by atoms with Crippen LogP contribution in [0.4, 0.5) is 0 Å². The van der Waals surface area contributed by atoms with Crippen LogP contribution in [0.25, 0.3) is 16.3 Å². The molecule has 3 aromatic carbocycles. The van der Waals surface area contributed by atoms with Gasteiger partial charge in [0.25, 0.3) is 0 Å². The average Bonchev–Trinajstić information content (AvgIpc) is 2.61. The van der Waals surface area contributed by atoms with Crippen molar-refractivity contribution in [2.24, 2.45) is 0 Å². The molecule has 138 valence electrons. The molecule has 0 heterocycles. The molecule has 0 aliphatic heterocycles. The summed E-state index contributed by atoms with van der Waals surface area (Å²) in [6.07, 6.45) is 2.78. The van der Waals surface area contributed by atoms with E-state index in [1.165, 1.54) is 33.0 Å². The van der Waals surface area contributed by atoms with Crippen LogP contribution in [0, 0.1) is 0 Å². The summed E-state index contributed by atoms with van der Waals surface area (Å²) in [7, 11) is 0. The second-order valence-electron chi connectivity index (χ2n) is 7.88. The van der Waals surface area contributed by atoms with E-state index >= 15 is 0 Å². The van der Waals surface area contributed by atoms with Crippen molar-refractivity contribution in [3.8, 4) is 0 Å². The number of rotatable bonds is 5. The summed E-state index contributed by atoms with van der Waals surface area (Å²) in [6, 6.07) is 25.4. The molecule has 0 fully saturated rings. The van der Waals surface area contributed by atoms with E-state index in [0.717, 1.165) is 12.0 Å². The molecule has 0 aliphatic rings. The molecule has 0 unspecified atom stereocenters. The van der Waals surface area contributed by atoms with Crippen LogP contribution in [0.5, 0.6) is 0 Å². The lowest BCUT2D eigenvalue weighted by Gasteiger charge is -2.21. The largest absolute Gasteiger partial charge is 0.386 e. The van der Waals surface area contributed by atoms with Gasteiger partial charge in [-0.3, -0.25) is 0 Å². The average molecular weight is 357 g/mol. The quantitative estimate of drug-likeness (QED) is 0.512. The molecule has 1 heteroatoms. The van der Waals surface area contributed by atoms with E-state index in [9.17, 15) is 5.11 Å². The minimum absolute atomic E-state index is 0.779. The van der Waals surface area contributed by atoms with E-state index < -0.39 is 5.60 Å². The molecule has 3 aromatic rings. The summed E-state index contributed by atoms with van der Waals surface area (Å²) in [6.45, 7) is 7.96. The van der Waals surface area contributed by atoms with Crippen LogP contribution in [-0.4, -0.2) is 10.7 Å². The summed E-state index contributed by atoms with van der Waals surface area (Å²) in [5.41, 5.74) is 5.20. The van der Waals surface area contributed by atoms with Crippen LogP contribution in [0.2, 0.25) is 0 Å². The first-order chi connectivity index (χ1) is 12.8. The predicted molar refractivity (Wildman–Crippen MR) is 117 cm³/mol. The van der Waals surface area contributed by atoms with E-state index in [-0.39, 0.29) is 0 Å². The lowest BCUT2D eigenvalue weighted by molar-refractivity contribution is 0.132. The van der Waals surface area contributed by atoms with Gasteiger partial charge in [-0.25, -0.2) is 0 Å². The summed E-state index contributed by atoms with van der Waals surface area (Å²) in [4.78, 5) is 0. The number of benzene rings is 3. The van der Waals surface area contributed by atoms with E-state index in [2.05, 4.69) is 80.6 Å². The Kier molecular flexibility index (Phi) is 5.62. The third kappa shape index (κ3) is 4.75. The maximum atomic E-state index is 10.6. The number of aliphatic hydroxyl groups is 1. The summed E-state index contributed by atoms with van der Waals surface area (Å²) >= 11 is 0. The minimum atomic E-state index is -0.880. The van der Waals surface area contributed by atoms with Gasteiger partial charge in [0.1, 0.15) is 0 Å². The first-order valence-corrected chi connectivity index (χ1v) is 9.49. The van der Waals surface area contributed by atoms with Crippen molar-refractivity contribution >= 4 is 16.3 Å². The molecule has 0 aromatic heterocycles. The zero-order valence-corrected chi connectivity index (χ0v) is 16.7. The zero-order chi connectivity index (χ0) is 19.4. The molecule has 0 spiro atoms. The Morgan fingerprint density at radius 1 is 0.852 bits per heavy atom. The van der Waals surface area contributed by atoms with Crippen LogP contribution in [0.1, 0.15) is 38.8 Å². The molecule has 0 radical (unpaired) electrons. The van der Waals surface area contributed by atoms with Crippen LogP contribution in [0.3, 0.4) is 0 Å². The van der Waals surface area contributed by atoms with Crippen molar-refractivity contribution in [1.29, 1.82) is 0 Å². The van der Waals surface area contributed by atoms with Crippen LogP contribution < -0.4 is 0 Å². The molecule has 1 nitrogen and oxygen atoms in total. The maximum Gasteiger partial charge on any atom is 0.0777 e. The fraction of sp³-hybridized carbons (Fsp3) is 0.231. The summed E-state index contributed by atoms with van der Waals surface area (Å²) in [5, 5.41) is 13.1. The van der Waals surface area contributed by atoms with E-state index in [1.54, 1.807) is 0 Å². The molecule has 0 amide bonds. The molecule has 1 N–H and O–H groups in total. The molecule has 3 rings (SSSR count). The Hall–Kier alpha value is -2.64. The van der Waals surface area contributed by atoms with E-state index in [0.29, 0.717) is 0 Å². The van der Waals surface area contributed by atoms with Gasteiger partial charge in [-0.15, -0.1) is 0 Å². The predicted octanol–water partition coefficient (Wildman–Crippen LogP) is 6.57. The molecule has 0 atom stereocenters. The third-order valence-corrected chi connectivity index (χ3v) is 4.67. The highest BCUT2D eigenvalue weighted by Crippen LogP contribution is 2.32. The van der Waals surface area contributed by atoms with Crippen molar-refractivity contribution in [3.05, 3.63) is 101 Å². The molecule has 0 bridgehead atoms. The molecule has 0 saturated carbocycles. The fourth-order valence-corrected chi connectivity index (χ4v) is 3.69. The first-order valence-electron chi connectivity index (χ1n) is 9.49. The lowest BCUT2D eigenvalue weighted by atomic mass is 9.86. The summed E-state index contributed by atoms with van der Waals surface area (Å²) < 4.78 is 0. The van der Waals surface area contributed by atoms with Gasteiger partial charge in [-0.1, -0.05) is 78.4 Å². The maximum absolute atomic E-state index is 10.6. The zero-order valence-electron chi connectivity index (χ0n) is 16.7. The molecular formula is C26H28O. The second-order valence-corrected chi connectivity index (χ2v) is 7.88. The first kappa shape index (κ1) is 19.1. The monoisotopic (exact) mass is 356 g/mol. The highest BCUT2D eigenvalue weighted by atomic mass is 16.3. The number of fused-ring (bicyclic) bond motifs is 1. The Labute approximate surface area is 162 Å². The van der Waals surface area contributed by atoms with Gasteiger partial charge in [-0.2, -0.15) is 0 Å². The van der Waals surface area contributed by atoms with Gasteiger partial charge in [0.05, 0.1) is 5.60 Å². The number of hydrogen-bond acceptors (Lipinski definition) is 1. The van der Waals surface area contributed by atoms with Gasteiger partial charge in [-0.05, 0) is 73.2 Å². The molecule has 0 aliphatic carbocycles. The molecule has 27 heavy (non-hydrogen) atoms.